The number of nitrogens with zero attached hydrogens (tertiary/aromatic N) is 2. The first-order valence-corrected chi connectivity index (χ1v) is 12.0. The number of hydrogen-bond donors (Lipinski definition) is 1. The summed E-state index contributed by atoms with van der Waals surface area (Å²) in [5.41, 5.74) is 0.781. The largest absolute Gasteiger partial charge is 0.351 e. The van der Waals surface area contributed by atoms with Gasteiger partial charge in [-0.2, -0.15) is 0 Å². The highest BCUT2D eigenvalue weighted by Gasteiger charge is 2.44. The third kappa shape index (κ3) is 4.69. The van der Waals surface area contributed by atoms with Crippen molar-refractivity contribution in [3.05, 3.63) is 35.4 Å². The van der Waals surface area contributed by atoms with E-state index in [1.165, 1.54) is 43.5 Å². The molecule has 2 fully saturated rings. The number of benzene rings is 1. The summed E-state index contributed by atoms with van der Waals surface area (Å²) in [5, 5.41) is 3.16. The zero-order valence-electron chi connectivity index (χ0n) is 18.8. The van der Waals surface area contributed by atoms with Crippen LogP contribution in [0.3, 0.4) is 0 Å². The van der Waals surface area contributed by atoms with Crippen LogP contribution in [-0.2, 0) is 4.79 Å². The maximum atomic E-state index is 13.2. The van der Waals surface area contributed by atoms with Gasteiger partial charge in [0.2, 0.25) is 5.91 Å². The van der Waals surface area contributed by atoms with E-state index in [0.29, 0.717) is 11.1 Å². The summed E-state index contributed by atoms with van der Waals surface area (Å²) in [6.07, 6.45) is 8.67. The first kappa shape index (κ1) is 22.0. The van der Waals surface area contributed by atoms with Crippen molar-refractivity contribution >= 4 is 17.7 Å². The monoisotopic (exact) mass is 425 g/mol. The van der Waals surface area contributed by atoms with Crippen LogP contribution in [0.1, 0.15) is 79.5 Å². The van der Waals surface area contributed by atoms with Crippen molar-refractivity contribution in [2.24, 2.45) is 11.8 Å². The zero-order chi connectivity index (χ0) is 22.0. The van der Waals surface area contributed by atoms with Crippen LogP contribution in [0.4, 0.5) is 0 Å². The molecule has 3 aliphatic rings. The van der Waals surface area contributed by atoms with E-state index in [1.54, 1.807) is 24.3 Å². The van der Waals surface area contributed by atoms with Gasteiger partial charge in [-0.15, -0.1) is 0 Å². The molecule has 168 valence electrons. The molecule has 1 saturated carbocycles. The predicted octanol–water partition coefficient (Wildman–Crippen LogP) is 3.47. The van der Waals surface area contributed by atoms with E-state index in [0.717, 1.165) is 31.8 Å². The van der Waals surface area contributed by atoms with Crippen molar-refractivity contribution in [3.8, 4) is 0 Å². The molecule has 0 aromatic heterocycles. The SMILES string of the molecule is CC(C)C(C(=O)NC1CCN(CC2CCCCC2)CC1)N1C(=O)c2ccccc2C1=O. The number of imide groups is 1. The average Bonchev–Trinajstić information content (AvgIpc) is 3.01. The Morgan fingerprint density at radius 1 is 0.968 bits per heavy atom. The minimum absolute atomic E-state index is 0.103. The molecule has 6 heteroatoms. The molecule has 2 aliphatic heterocycles. The van der Waals surface area contributed by atoms with Gasteiger partial charge in [-0.1, -0.05) is 45.2 Å². The quantitative estimate of drug-likeness (QED) is 0.709. The fourth-order valence-corrected chi connectivity index (χ4v) is 5.46. The summed E-state index contributed by atoms with van der Waals surface area (Å²) >= 11 is 0. The number of likely N-dealkylation sites (tertiary alicyclic amines) is 1. The lowest BCUT2D eigenvalue weighted by Crippen LogP contribution is -2.55. The Morgan fingerprint density at radius 3 is 2.10 bits per heavy atom. The number of rotatable bonds is 6. The molecule has 6 nitrogen and oxygen atoms in total. The lowest BCUT2D eigenvalue weighted by atomic mass is 9.88. The van der Waals surface area contributed by atoms with E-state index >= 15 is 0 Å². The van der Waals surface area contributed by atoms with Crippen LogP contribution in [0.25, 0.3) is 0 Å². The fraction of sp³-hybridized carbons (Fsp3) is 0.640. The smallest absolute Gasteiger partial charge is 0.262 e. The number of carbonyl (C=O) groups is 3. The normalized spacial score (nSPS) is 22.1. The first-order valence-electron chi connectivity index (χ1n) is 12.0. The minimum atomic E-state index is -0.785. The highest BCUT2D eigenvalue weighted by molar-refractivity contribution is 6.22. The standard InChI is InChI=1S/C25H35N3O3/c1-17(2)22(28-24(30)20-10-6-7-11-21(20)25(28)31)23(29)26-19-12-14-27(15-13-19)16-18-8-4-3-5-9-18/h6-7,10-11,17-19,22H,3-5,8-9,12-16H2,1-2H3,(H,26,29). The summed E-state index contributed by atoms with van der Waals surface area (Å²) < 4.78 is 0. The van der Waals surface area contributed by atoms with Crippen molar-refractivity contribution in [2.45, 2.75) is 70.9 Å². The van der Waals surface area contributed by atoms with E-state index in [2.05, 4.69) is 10.2 Å². The van der Waals surface area contributed by atoms with E-state index in [-0.39, 0.29) is 29.7 Å². The average molecular weight is 426 g/mol. The summed E-state index contributed by atoms with van der Waals surface area (Å²) in [6, 6.07) is 6.14. The van der Waals surface area contributed by atoms with Crippen LogP contribution in [0.15, 0.2) is 24.3 Å². The molecule has 1 aliphatic carbocycles. The van der Waals surface area contributed by atoms with Gasteiger partial charge in [-0.3, -0.25) is 19.3 Å². The lowest BCUT2D eigenvalue weighted by molar-refractivity contribution is -0.127. The summed E-state index contributed by atoms with van der Waals surface area (Å²) in [5.74, 6) is -0.267. The molecule has 4 rings (SSSR count). The maximum absolute atomic E-state index is 13.2. The van der Waals surface area contributed by atoms with E-state index in [9.17, 15) is 14.4 Å². The minimum Gasteiger partial charge on any atom is -0.351 e. The van der Waals surface area contributed by atoms with E-state index < -0.39 is 6.04 Å². The Bertz CT molecular complexity index is 788. The van der Waals surface area contributed by atoms with E-state index in [1.807, 2.05) is 13.8 Å². The number of carbonyl (C=O) groups excluding carboxylic acids is 3. The Kier molecular flexibility index (Phi) is 6.75. The maximum Gasteiger partial charge on any atom is 0.262 e. The molecule has 0 radical (unpaired) electrons. The Morgan fingerprint density at radius 2 is 1.55 bits per heavy atom. The Labute approximate surface area is 185 Å². The second-order valence-electron chi connectivity index (χ2n) is 9.80. The molecule has 0 bridgehead atoms. The molecule has 1 N–H and O–H groups in total. The van der Waals surface area contributed by atoms with Gasteiger partial charge in [0.1, 0.15) is 6.04 Å². The summed E-state index contributed by atoms with van der Waals surface area (Å²) in [6.45, 7) is 6.97. The molecule has 3 amide bonds. The Hall–Kier alpha value is -2.21. The molecule has 1 atom stereocenters. The molecule has 0 spiro atoms. The van der Waals surface area contributed by atoms with Gasteiger partial charge in [0.05, 0.1) is 11.1 Å². The first-order chi connectivity index (χ1) is 15.0. The molecular weight excluding hydrogens is 390 g/mol. The highest BCUT2D eigenvalue weighted by atomic mass is 16.2. The van der Waals surface area contributed by atoms with Crippen LogP contribution in [0.2, 0.25) is 0 Å². The van der Waals surface area contributed by atoms with Crippen LogP contribution < -0.4 is 5.32 Å². The van der Waals surface area contributed by atoms with Crippen molar-refractivity contribution in [2.75, 3.05) is 19.6 Å². The predicted molar refractivity (Wildman–Crippen MR) is 120 cm³/mol. The summed E-state index contributed by atoms with van der Waals surface area (Å²) in [4.78, 5) is 42.7. The molecule has 31 heavy (non-hydrogen) atoms. The summed E-state index contributed by atoms with van der Waals surface area (Å²) in [7, 11) is 0. The zero-order valence-corrected chi connectivity index (χ0v) is 18.8. The number of nitrogens with one attached hydrogen (secondary N) is 1. The van der Waals surface area contributed by atoms with Crippen LogP contribution >= 0.6 is 0 Å². The van der Waals surface area contributed by atoms with Gasteiger partial charge in [-0.05, 0) is 49.7 Å². The number of amides is 3. The van der Waals surface area contributed by atoms with Gasteiger partial charge in [0.25, 0.3) is 11.8 Å². The van der Waals surface area contributed by atoms with Crippen LogP contribution in [0.5, 0.6) is 0 Å². The highest BCUT2D eigenvalue weighted by Crippen LogP contribution is 2.28. The second kappa shape index (κ2) is 9.51. The van der Waals surface area contributed by atoms with Gasteiger partial charge < -0.3 is 10.2 Å². The molecule has 2 heterocycles. The molecule has 1 aromatic rings. The van der Waals surface area contributed by atoms with Gasteiger partial charge >= 0.3 is 0 Å². The Balaban J connectivity index is 1.35. The molecule has 1 saturated heterocycles. The molecular formula is C25H35N3O3. The third-order valence-corrected chi connectivity index (χ3v) is 7.18. The number of hydrogen-bond acceptors (Lipinski definition) is 4. The van der Waals surface area contributed by atoms with Crippen molar-refractivity contribution in [3.63, 3.8) is 0 Å². The van der Waals surface area contributed by atoms with Crippen molar-refractivity contribution < 1.29 is 14.4 Å². The van der Waals surface area contributed by atoms with E-state index in [4.69, 9.17) is 0 Å². The van der Waals surface area contributed by atoms with Gasteiger partial charge in [0, 0.05) is 25.7 Å². The third-order valence-electron chi connectivity index (χ3n) is 7.18. The molecule has 1 unspecified atom stereocenters. The van der Waals surface area contributed by atoms with Crippen LogP contribution in [-0.4, -0.2) is 59.2 Å². The van der Waals surface area contributed by atoms with Crippen molar-refractivity contribution in [1.82, 2.24) is 15.1 Å². The lowest BCUT2D eigenvalue weighted by Gasteiger charge is -2.36. The van der Waals surface area contributed by atoms with Gasteiger partial charge in [0.15, 0.2) is 0 Å². The fourth-order valence-electron chi connectivity index (χ4n) is 5.46. The van der Waals surface area contributed by atoms with Crippen molar-refractivity contribution in [1.29, 1.82) is 0 Å². The second-order valence-corrected chi connectivity index (χ2v) is 9.80. The number of piperidine rings is 1. The number of fused-ring (bicyclic) bond motifs is 1. The molecule has 1 aromatic carbocycles. The van der Waals surface area contributed by atoms with Crippen LogP contribution in [0, 0.1) is 11.8 Å². The van der Waals surface area contributed by atoms with Gasteiger partial charge in [-0.25, -0.2) is 0 Å². The topological polar surface area (TPSA) is 69.7 Å².